The van der Waals surface area contributed by atoms with Crippen molar-refractivity contribution in [1.82, 2.24) is 4.98 Å². The van der Waals surface area contributed by atoms with Crippen LogP contribution in [0.15, 0.2) is 48.7 Å². The molecule has 0 aliphatic rings. The Balaban J connectivity index is 2.07. The highest BCUT2D eigenvalue weighted by atomic mass is 32.2. The minimum atomic E-state index is 0.253. The van der Waals surface area contributed by atoms with Crippen LogP contribution in [0.2, 0.25) is 0 Å². The van der Waals surface area contributed by atoms with E-state index in [2.05, 4.69) is 72.9 Å². The summed E-state index contributed by atoms with van der Waals surface area (Å²) in [5, 5.41) is 10.4. The Morgan fingerprint density at radius 3 is 2.67 bits per heavy atom. The number of aryl methyl sites for hydroxylation is 1. The number of aromatic amines is 1. The molecule has 0 saturated heterocycles. The van der Waals surface area contributed by atoms with Gasteiger partial charge in [-0.15, -0.1) is 0 Å². The minimum Gasteiger partial charge on any atom is -0.361 e. The highest BCUT2D eigenvalue weighted by Gasteiger charge is 2.18. The average Bonchev–Trinajstić information content (AvgIpc) is 3.02. The van der Waals surface area contributed by atoms with Gasteiger partial charge in [-0.05, 0) is 36.3 Å². The van der Waals surface area contributed by atoms with E-state index < -0.39 is 0 Å². The van der Waals surface area contributed by atoms with E-state index in [1.165, 1.54) is 33.2 Å². The summed E-state index contributed by atoms with van der Waals surface area (Å²) in [5.41, 5.74) is 6.42. The molecule has 0 spiro atoms. The van der Waals surface area contributed by atoms with Gasteiger partial charge in [0.2, 0.25) is 0 Å². The molecule has 0 saturated carbocycles. The summed E-state index contributed by atoms with van der Waals surface area (Å²) in [6.45, 7) is 2.11. The molecule has 0 bridgehead atoms. The molecule has 0 aliphatic carbocycles. The summed E-state index contributed by atoms with van der Waals surface area (Å²) in [4.78, 5) is 3.48. The maximum absolute atomic E-state index is 9.07. The summed E-state index contributed by atoms with van der Waals surface area (Å²) in [6.07, 6.45) is 5.68. The van der Waals surface area contributed by atoms with Crippen LogP contribution < -0.4 is 0 Å². The van der Waals surface area contributed by atoms with Crippen molar-refractivity contribution in [3.63, 3.8) is 0 Å². The molecular formula is C21H22N2S. The first-order valence-electron chi connectivity index (χ1n) is 8.26. The lowest BCUT2D eigenvalue weighted by Crippen LogP contribution is -2.00. The van der Waals surface area contributed by atoms with Crippen molar-refractivity contribution in [2.24, 2.45) is 0 Å². The van der Waals surface area contributed by atoms with Gasteiger partial charge in [0.15, 0.2) is 0 Å². The van der Waals surface area contributed by atoms with Gasteiger partial charge in [0, 0.05) is 35.2 Å². The van der Waals surface area contributed by atoms with Crippen molar-refractivity contribution in [3.05, 3.63) is 70.9 Å². The zero-order chi connectivity index (χ0) is 16.9. The Labute approximate surface area is 147 Å². The smallest absolute Gasteiger partial charge is 0.0622 e. The van der Waals surface area contributed by atoms with Crippen LogP contribution in [0.25, 0.3) is 10.9 Å². The third kappa shape index (κ3) is 3.34. The van der Waals surface area contributed by atoms with Gasteiger partial charge in [0.05, 0.1) is 6.07 Å². The molecule has 1 unspecified atom stereocenters. The number of thioether (sulfide) groups is 1. The van der Waals surface area contributed by atoms with E-state index in [0.29, 0.717) is 6.42 Å². The highest BCUT2D eigenvalue weighted by molar-refractivity contribution is 7.97. The van der Waals surface area contributed by atoms with E-state index in [4.69, 9.17) is 5.26 Å². The highest BCUT2D eigenvalue weighted by Crippen LogP contribution is 2.35. The topological polar surface area (TPSA) is 39.6 Å². The van der Waals surface area contributed by atoms with Gasteiger partial charge < -0.3 is 4.98 Å². The fourth-order valence-corrected chi connectivity index (χ4v) is 3.86. The van der Waals surface area contributed by atoms with Crippen molar-refractivity contribution in [3.8, 4) is 6.07 Å². The van der Waals surface area contributed by atoms with E-state index in [9.17, 15) is 0 Å². The molecule has 1 heterocycles. The van der Waals surface area contributed by atoms with Gasteiger partial charge in [-0.2, -0.15) is 17.0 Å². The zero-order valence-electron chi connectivity index (χ0n) is 14.2. The number of benzene rings is 2. The summed E-state index contributed by atoms with van der Waals surface area (Å²) < 4.78 is 0. The Hall–Kier alpha value is -2.18. The second kappa shape index (κ2) is 7.59. The van der Waals surface area contributed by atoms with Crippen LogP contribution >= 0.6 is 11.8 Å². The number of nitrogens with one attached hydrogen (secondary N) is 1. The number of nitrogens with zero attached hydrogens (tertiary/aromatic N) is 1. The monoisotopic (exact) mass is 334 g/mol. The van der Waals surface area contributed by atoms with Gasteiger partial charge >= 0.3 is 0 Å². The van der Waals surface area contributed by atoms with Crippen LogP contribution in [0.4, 0.5) is 0 Å². The second-order valence-electron chi connectivity index (χ2n) is 6.18. The lowest BCUT2D eigenvalue weighted by atomic mass is 9.87. The van der Waals surface area contributed by atoms with E-state index in [1.54, 1.807) is 0 Å². The third-order valence-corrected chi connectivity index (χ3v) is 5.13. The average molecular weight is 334 g/mol. The van der Waals surface area contributed by atoms with Crippen LogP contribution in [0.1, 0.15) is 41.0 Å². The molecule has 0 aliphatic heterocycles. The number of nitriles is 1. The molecule has 2 nitrogen and oxygen atoms in total. The molecule has 3 aromatic rings. The fraction of sp³-hybridized carbons (Fsp3) is 0.286. The number of aromatic nitrogens is 1. The van der Waals surface area contributed by atoms with Crippen LogP contribution in [0.3, 0.4) is 0 Å². The summed E-state index contributed by atoms with van der Waals surface area (Å²) in [6, 6.07) is 17.5. The first-order chi connectivity index (χ1) is 11.7. The molecule has 2 aromatic carbocycles. The molecule has 1 atom stereocenters. The van der Waals surface area contributed by atoms with Gasteiger partial charge in [-0.1, -0.05) is 48.0 Å². The fourth-order valence-electron chi connectivity index (χ4n) is 3.31. The number of para-hydroxylation sites is 1. The lowest BCUT2D eigenvalue weighted by Gasteiger charge is -2.16. The Morgan fingerprint density at radius 2 is 1.96 bits per heavy atom. The Bertz CT molecular complexity index is 856. The normalized spacial score (nSPS) is 12.2. The first-order valence-corrected chi connectivity index (χ1v) is 9.65. The van der Waals surface area contributed by atoms with Crippen LogP contribution in [-0.4, -0.2) is 11.2 Å². The molecule has 3 rings (SSSR count). The van der Waals surface area contributed by atoms with Crippen molar-refractivity contribution in [2.45, 2.75) is 31.4 Å². The molecule has 0 amide bonds. The standard InChI is InChI=1S/C21H22N2S/c1-15-8-10-16(11-9-15)18(7-4-12-22)20-13-23-21-17(14-24-2)5-3-6-19(20)21/h3,5-6,8-11,13,18,23H,4,7,14H2,1-2H3. The van der Waals surface area contributed by atoms with E-state index in [-0.39, 0.29) is 5.92 Å². The van der Waals surface area contributed by atoms with Crippen LogP contribution in [0.5, 0.6) is 0 Å². The SMILES string of the molecule is CSCc1cccc2c(C(CCC#N)c3ccc(C)cc3)c[nH]c12. The predicted octanol–water partition coefficient (Wildman–Crippen LogP) is 5.78. The molecule has 24 heavy (non-hydrogen) atoms. The predicted molar refractivity (Wildman–Crippen MR) is 103 cm³/mol. The largest absolute Gasteiger partial charge is 0.361 e. The molecule has 3 heteroatoms. The Kier molecular flexibility index (Phi) is 5.27. The zero-order valence-corrected chi connectivity index (χ0v) is 15.0. The maximum Gasteiger partial charge on any atom is 0.0622 e. The third-order valence-electron chi connectivity index (χ3n) is 4.53. The number of rotatable bonds is 6. The molecule has 122 valence electrons. The van der Waals surface area contributed by atoms with Crippen LogP contribution in [-0.2, 0) is 5.75 Å². The number of hydrogen-bond donors (Lipinski definition) is 1. The number of H-pyrrole nitrogens is 1. The quantitative estimate of drug-likeness (QED) is 0.621. The molecule has 0 radical (unpaired) electrons. The number of fused-ring (bicyclic) bond motifs is 1. The van der Waals surface area contributed by atoms with E-state index in [0.717, 1.165) is 12.2 Å². The lowest BCUT2D eigenvalue weighted by molar-refractivity contribution is 0.738. The van der Waals surface area contributed by atoms with Crippen molar-refractivity contribution < 1.29 is 0 Å². The molecule has 0 fully saturated rings. The van der Waals surface area contributed by atoms with Gasteiger partial charge in [-0.25, -0.2) is 0 Å². The summed E-state index contributed by atoms with van der Waals surface area (Å²) in [5.74, 6) is 1.26. The minimum absolute atomic E-state index is 0.253. The van der Waals surface area contributed by atoms with E-state index >= 15 is 0 Å². The van der Waals surface area contributed by atoms with Crippen molar-refractivity contribution in [2.75, 3.05) is 6.26 Å². The van der Waals surface area contributed by atoms with Crippen LogP contribution in [0, 0.1) is 18.3 Å². The van der Waals surface area contributed by atoms with Crippen molar-refractivity contribution >= 4 is 22.7 Å². The first kappa shape index (κ1) is 16.7. The van der Waals surface area contributed by atoms with Gasteiger partial charge in [0.25, 0.3) is 0 Å². The maximum atomic E-state index is 9.07. The van der Waals surface area contributed by atoms with Crippen molar-refractivity contribution in [1.29, 1.82) is 5.26 Å². The summed E-state index contributed by atoms with van der Waals surface area (Å²) in [7, 11) is 0. The summed E-state index contributed by atoms with van der Waals surface area (Å²) >= 11 is 1.84. The molecular weight excluding hydrogens is 312 g/mol. The van der Waals surface area contributed by atoms with Gasteiger partial charge in [0.1, 0.15) is 0 Å². The molecule has 1 aromatic heterocycles. The number of hydrogen-bond acceptors (Lipinski definition) is 2. The second-order valence-corrected chi connectivity index (χ2v) is 7.04. The van der Waals surface area contributed by atoms with E-state index in [1.807, 2.05) is 11.8 Å². The Morgan fingerprint density at radius 1 is 1.17 bits per heavy atom. The molecule has 1 N–H and O–H groups in total. The van der Waals surface area contributed by atoms with Gasteiger partial charge in [-0.3, -0.25) is 0 Å².